The van der Waals surface area contributed by atoms with Gasteiger partial charge in [0.1, 0.15) is 0 Å². The Morgan fingerprint density at radius 3 is 2.17 bits per heavy atom. The summed E-state index contributed by atoms with van der Waals surface area (Å²) in [4.78, 5) is 10.7. The largest absolute Gasteiger partial charge is 0.478 e. The molecule has 1 aromatic carbocycles. The lowest BCUT2D eigenvalue weighted by Crippen LogP contribution is -2.33. The van der Waals surface area contributed by atoms with Gasteiger partial charge in [-0.2, -0.15) is 0 Å². The summed E-state index contributed by atoms with van der Waals surface area (Å²) in [6.45, 7) is 3.87. The van der Waals surface area contributed by atoms with Gasteiger partial charge < -0.3 is 5.11 Å². The van der Waals surface area contributed by atoms with Gasteiger partial charge in [-0.3, -0.25) is 4.31 Å². The van der Waals surface area contributed by atoms with E-state index in [0.29, 0.717) is 18.7 Å². The molecule has 0 aromatic heterocycles. The summed E-state index contributed by atoms with van der Waals surface area (Å²) >= 11 is 0. The molecule has 0 aliphatic rings. The molecule has 0 spiro atoms. The van der Waals surface area contributed by atoms with Crippen molar-refractivity contribution in [2.75, 3.05) is 16.6 Å². The van der Waals surface area contributed by atoms with Gasteiger partial charge in [-0.25, -0.2) is 13.2 Å². The van der Waals surface area contributed by atoms with Crippen LogP contribution in [0.1, 0.15) is 30.6 Å². The number of carbonyl (C=O) groups is 1. The summed E-state index contributed by atoms with van der Waals surface area (Å²) in [6.07, 6.45) is 0.694. The number of aromatic carboxylic acids is 1. The van der Waals surface area contributed by atoms with Gasteiger partial charge in [-0.1, -0.05) is 6.92 Å². The molecule has 6 heteroatoms. The third-order valence-electron chi connectivity index (χ3n) is 2.53. The number of hydrogen-bond donors (Lipinski definition) is 1. The fourth-order valence-corrected chi connectivity index (χ4v) is 2.77. The van der Waals surface area contributed by atoms with E-state index in [4.69, 9.17) is 5.11 Å². The van der Waals surface area contributed by atoms with Crippen LogP contribution in [0.15, 0.2) is 24.3 Å². The molecule has 0 heterocycles. The van der Waals surface area contributed by atoms with E-state index in [9.17, 15) is 13.2 Å². The molecule has 1 rings (SSSR count). The molecule has 0 saturated carbocycles. The Hall–Kier alpha value is -1.56. The number of rotatable bonds is 6. The van der Waals surface area contributed by atoms with Crippen LogP contribution >= 0.6 is 0 Å². The number of anilines is 1. The van der Waals surface area contributed by atoms with E-state index in [2.05, 4.69) is 0 Å². The number of hydrogen-bond acceptors (Lipinski definition) is 3. The van der Waals surface area contributed by atoms with Crippen LogP contribution in [0.3, 0.4) is 0 Å². The van der Waals surface area contributed by atoms with Gasteiger partial charge in [0.25, 0.3) is 0 Å². The maximum Gasteiger partial charge on any atom is 0.335 e. The third-order valence-corrected chi connectivity index (χ3v) is 4.32. The quantitative estimate of drug-likeness (QED) is 0.858. The molecule has 0 aliphatic heterocycles. The lowest BCUT2D eigenvalue weighted by Gasteiger charge is -2.23. The molecule has 1 aromatic rings. The molecular formula is C12H17NO4S. The highest BCUT2D eigenvalue weighted by atomic mass is 32.2. The van der Waals surface area contributed by atoms with Crippen molar-refractivity contribution in [1.82, 2.24) is 0 Å². The first-order chi connectivity index (χ1) is 8.42. The van der Waals surface area contributed by atoms with Crippen LogP contribution in [0, 0.1) is 0 Å². The second-order valence-electron chi connectivity index (χ2n) is 3.82. The van der Waals surface area contributed by atoms with Gasteiger partial charge in [0.05, 0.1) is 17.0 Å². The number of nitrogens with zero attached hydrogens (tertiary/aromatic N) is 1. The zero-order chi connectivity index (χ0) is 13.8. The van der Waals surface area contributed by atoms with E-state index in [1.165, 1.54) is 28.6 Å². The second kappa shape index (κ2) is 5.86. The van der Waals surface area contributed by atoms with Gasteiger partial charge in [0.2, 0.25) is 10.0 Å². The number of carboxylic acids is 1. The summed E-state index contributed by atoms with van der Waals surface area (Å²) in [6, 6.07) is 5.86. The topological polar surface area (TPSA) is 74.7 Å². The van der Waals surface area contributed by atoms with Crippen LogP contribution in [0.25, 0.3) is 0 Å². The Balaban J connectivity index is 3.11. The lowest BCUT2D eigenvalue weighted by atomic mass is 10.2. The molecule has 0 amide bonds. The van der Waals surface area contributed by atoms with Crippen LogP contribution in [0.5, 0.6) is 0 Å². The summed E-state index contributed by atoms with van der Waals surface area (Å²) in [7, 11) is -3.32. The van der Waals surface area contributed by atoms with Crippen LogP contribution in [0.4, 0.5) is 5.69 Å². The Kier molecular flexibility index (Phi) is 4.72. The van der Waals surface area contributed by atoms with E-state index in [1.54, 1.807) is 6.92 Å². The van der Waals surface area contributed by atoms with E-state index in [-0.39, 0.29) is 11.3 Å². The second-order valence-corrected chi connectivity index (χ2v) is 6.01. The van der Waals surface area contributed by atoms with Crippen molar-refractivity contribution in [3.63, 3.8) is 0 Å². The molecule has 0 saturated heterocycles. The Morgan fingerprint density at radius 1 is 1.22 bits per heavy atom. The Labute approximate surface area is 107 Å². The highest BCUT2D eigenvalue weighted by molar-refractivity contribution is 7.92. The van der Waals surface area contributed by atoms with Gasteiger partial charge in [-0.15, -0.1) is 0 Å². The van der Waals surface area contributed by atoms with Gasteiger partial charge in [0, 0.05) is 6.54 Å². The van der Waals surface area contributed by atoms with Crippen molar-refractivity contribution in [2.24, 2.45) is 0 Å². The average molecular weight is 271 g/mol. The normalized spacial score (nSPS) is 11.2. The van der Waals surface area contributed by atoms with Gasteiger partial charge in [-0.05, 0) is 37.6 Å². The predicted molar refractivity (Wildman–Crippen MR) is 70.5 cm³/mol. The molecule has 18 heavy (non-hydrogen) atoms. The highest BCUT2D eigenvalue weighted by Gasteiger charge is 2.19. The summed E-state index contributed by atoms with van der Waals surface area (Å²) in [5.41, 5.74) is 0.646. The summed E-state index contributed by atoms with van der Waals surface area (Å²) < 4.78 is 25.2. The fraction of sp³-hybridized carbons (Fsp3) is 0.417. The molecule has 0 aliphatic carbocycles. The molecule has 0 fully saturated rings. The zero-order valence-electron chi connectivity index (χ0n) is 10.5. The maximum absolute atomic E-state index is 11.9. The molecule has 5 nitrogen and oxygen atoms in total. The first kappa shape index (κ1) is 14.5. The lowest BCUT2D eigenvalue weighted by molar-refractivity contribution is 0.0697. The molecular weight excluding hydrogens is 254 g/mol. The minimum Gasteiger partial charge on any atom is -0.478 e. The summed E-state index contributed by atoms with van der Waals surface area (Å²) in [5, 5.41) is 8.79. The molecule has 0 atom stereocenters. The first-order valence-electron chi connectivity index (χ1n) is 5.76. The van der Waals surface area contributed by atoms with Crippen molar-refractivity contribution in [3.05, 3.63) is 29.8 Å². The van der Waals surface area contributed by atoms with Crippen LogP contribution < -0.4 is 4.31 Å². The zero-order valence-corrected chi connectivity index (χ0v) is 11.3. The molecule has 100 valence electrons. The van der Waals surface area contributed by atoms with Gasteiger partial charge in [0.15, 0.2) is 0 Å². The van der Waals surface area contributed by atoms with E-state index in [0.717, 1.165) is 0 Å². The van der Waals surface area contributed by atoms with Crippen LogP contribution in [-0.4, -0.2) is 31.8 Å². The number of sulfonamides is 1. The number of carboxylic acid groups (broad SMARTS) is 1. The third kappa shape index (κ3) is 3.22. The molecule has 1 N–H and O–H groups in total. The Morgan fingerprint density at radius 2 is 1.78 bits per heavy atom. The van der Waals surface area contributed by atoms with E-state index in [1.807, 2.05) is 6.92 Å². The maximum atomic E-state index is 11.9. The standard InChI is InChI=1S/C12H17NO4S/c1-3-9-13(18(16,17)4-2)11-7-5-10(6-8-11)12(14)15/h5-8H,3-4,9H2,1-2H3,(H,14,15). The molecule has 0 bridgehead atoms. The van der Waals surface area contributed by atoms with Crippen molar-refractivity contribution in [1.29, 1.82) is 0 Å². The fourth-order valence-electron chi connectivity index (χ4n) is 1.56. The minimum absolute atomic E-state index is 0.0215. The first-order valence-corrected chi connectivity index (χ1v) is 7.37. The van der Waals surface area contributed by atoms with Crippen LogP contribution in [-0.2, 0) is 10.0 Å². The smallest absolute Gasteiger partial charge is 0.335 e. The van der Waals surface area contributed by atoms with Crippen molar-refractivity contribution < 1.29 is 18.3 Å². The number of benzene rings is 1. The average Bonchev–Trinajstić information content (AvgIpc) is 2.36. The molecule has 0 unspecified atom stereocenters. The van der Waals surface area contributed by atoms with Gasteiger partial charge >= 0.3 is 5.97 Å². The van der Waals surface area contributed by atoms with E-state index >= 15 is 0 Å². The Bertz CT molecular complexity index is 507. The summed E-state index contributed by atoms with van der Waals surface area (Å²) in [5.74, 6) is -1.00. The van der Waals surface area contributed by atoms with Crippen molar-refractivity contribution in [3.8, 4) is 0 Å². The van der Waals surface area contributed by atoms with Crippen LogP contribution in [0.2, 0.25) is 0 Å². The molecule has 0 radical (unpaired) electrons. The monoisotopic (exact) mass is 271 g/mol. The minimum atomic E-state index is -3.32. The SMILES string of the molecule is CCCN(c1ccc(C(=O)O)cc1)S(=O)(=O)CC. The van der Waals surface area contributed by atoms with Crippen molar-refractivity contribution in [2.45, 2.75) is 20.3 Å². The van der Waals surface area contributed by atoms with Crippen molar-refractivity contribution >= 4 is 21.7 Å². The van der Waals surface area contributed by atoms with E-state index < -0.39 is 16.0 Å². The predicted octanol–water partition coefficient (Wildman–Crippen LogP) is 1.95. The highest BCUT2D eigenvalue weighted by Crippen LogP contribution is 2.19.